The molecule has 0 unspecified atom stereocenters. The number of pyridine rings is 1. The van der Waals surface area contributed by atoms with Gasteiger partial charge in [0.2, 0.25) is 5.95 Å². The van der Waals surface area contributed by atoms with Crippen LogP contribution in [-0.4, -0.2) is 21.5 Å². The number of hydrogen-bond donors (Lipinski definition) is 3. The number of aryl methyl sites for hydroxylation is 1. The molecule has 0 saturated carbocycles. The third-order valence-corrected chi connectivity index (χ3v) is 5.11. The van der Waals surface area contributed by atoms with E-state index in [-0.39, 0.29) is 5.41 Å². The summed E-state index contributed by atoms with van der Waals surface area (Å²) in [7, 11) is 0. The molecule has 150 valence electrons. The maximum Gasteiger partial charge on any atom is 0.229 e. The average Bonchev–Trinajstić information content (AvgIpc) is 2.70. The topological polar surface area (TPSA) is 74.8 Å². The van der Waals surface area contributed by atoms with Crippen molar-refractivity contribution in [3.05, 3.63) is 65.1 Å². The van der Waals surface area contributed by atoms with Crippen LogP contribution >= 0.6 is 0 Å². The summed E-state index contributed by atoms with van der Waals surface area (Å²) in [6, 6.07) is 10.5. The van der Waals surface area contributed by atoms with Gasteiger partial charge in [-0.15, -0.1) is 0 Å². The van der Waals surface area contributed by atoms with Gasteiger partial charge in [-0.1, -0.05) is 26.8 Å². The van der Waals surface area contributed by atoms with Crippen molar-refractivity contribution in [2.45, 2.75) is 46.1 Å². The number of aromatic nitrogens is 3. The summed E-state index contributed by atoms with van der Waals surface area (Å²) < 4.78 is 0. The smallest absolute Gasteiger partial charge is 0.229 e. The molecule has 0 bridgehead atoms. The van der Waals surface area contributed by atoms with Gasteiger partial charge in [-0.25, -0.2) is 4.98 Å². The zero-order valence-corrected chi connectivity index (χ0v) is 17.5. The first-order valence-electron chi connectivity index (χ1n) is 10.1. The van der Waals surface area contributed by atoms with Crippen LogP contribution in [0.2, 0.25) is 0 Å². The van der Waals surface area contributed by atoms with Crippen molar-refractivity contribution in [2.24, 2.45) is 0 Å². The predicted octanol–water partition coefficient (Wildman–Crippen LogP) is 4.61. The number of hydrogen-bond acceptors (Lipinski definition) is 6. The van der Waals surface area contributed by atoms with Crippen molar-refractivity contribution >= 4 is 23.1 Å². The SMILES string of the molecule is Cc1cnc(Nc2ccc3c(c2)CCNC3)nc1Nc1ccnc(C(C)(C)C)c1. The molecule has 1 aliphatic heterocycles. The van der Waals surface area contributed by atoms with Crippen LogP contribution in [0.1, 0.15) is 43.2 Å². The molecule has 2 aromatic heterocycles. The first-order chi connectivity index (χ1) is 13.9. The molecular formula is C23H28N6. The Labute approximate surface area is 172 Å². The summed E-state index contributed by atoms with van der Waals surface area (Å²) in [4.78, 5) is 13.7. The minimum Gasteiger partial charge on any atom is -0.340 e. The quantitative estimate of drug-likeness (QED) is 0.606. The van der Waals surface area contributed by atoms with E-state index in [0.29, 0.717) is 5.95 Å². The Bertz CT molecular complexity index is 1020. The minimum atomic E-state index is -0.00685. The molecule has 0 aliphatic carbocycles. The maximum atomic E-state index is 4.70. The van der Waals surface area contributed by atoms with Crippen LogP contribution in [0.15, 0.2) is 42.7 Å². The lowest BCUT2D eigenvalue weighted by Gasteiger charge is -2.19. The Morgan fingerprint density at radius 3 is 2.62 bits per heavy atom. The highest BCUT2D eigenvalue weighted by molar-refractivity contribution is 5.62. The second-order valence-electron chi connectivity index (χ2n) is 8.57. The molecule has 4 rings (SSSR count). The molecule has 29 heavy (non-hydrogen) atoms. The fraction of sp³-hybridized carbons (Fsp3) is 0.348. The number of benzene rings is 1. The van der Waals surface area contributed by atoms with E-state index in [9.17, 15) is 0 Å². The molecule has 0 radical (unpaired) electrons. The monoisotopic (exact) mass is 388 g/mol. The normalized spacial score (nSPS) is 13.7. The van der Waals surface area contributed by atoms with Crippen molar-refractivity contribution in [1.82, 2.24) is 20.3 Å². The van der Waals surface area contributed by atoms with E-state index in [4.69, 9.17) is 4.98 Å². The van der Waals surface area contributed by atoms with Crippen LogP contribution in [-0.2, 0) is 18.4 Å². The Morgan fingerprint density at radius 2 is 1.79 bits per heavy atom. The van der Waals surface area contributed by atoms with Gasteiger partial charge in [-0.2, -0.15) is 4.98 Å². The lowest BCUT2D eigenvalue weighted by Crippen LogP contribution is -2.23. The van der Waals surface area contributed by atoms with E-state index < -0.39 is 0 Å². The van der Waals surface area contributed by atoms with E-state index >= 15 is 0 Å². The third-order valence-electron chi connectivity index (χ3n) is 5.11. The van der Waals surface area contributed by atoms with Gasteiger partial charge >= 0.3 is 0 Å². The fourth-order valence-electron chi connectivity index (χ4n) is 3.37. The van der Waals surface area contributed by atoms with Crippen LogP contribution in [0.25, 0.3) is 0 Å². The van der Waals surface area contributed by atoms with Gasteiger partial charge in [-0.3, -0.25) is 4.98 Å². The highest BCUT2D eigenvalue weighted by Crippen LogP contribution is 2.26. The molecule has 0 atom stereocenters. The van der Waals surface area contributed by atoms with Gasteiger partial charge < -0.3 is 16.0 Å². The van der Waals surface area contributed by atoms with Gasteiger partial charge in [0, 0.05) is 47.0 Å². The largest absolute Gasteiger partial charge is 0.340 e. The standard InChI is InChI=1S/C23H28N6/c1-15-13-26-22(28-18-6-5-17-14-24-9-7-16(17)11-18)29-21(15)27-19-8-10-25-20(12-19)23(2,3)4/h5-6,8,10-13,24H,7,9,14H2,1-4H3,(H2,25,26,27,28,29). The number of nitrogens with one attached hydrogen (secondary N) is 3. The number of anilines is 4. The van der Waals surface area contributed by atoms with Crippen molar-refractivity contribution < 1.29 is 0 Å². The molecule has 1 aromatic carbocycles. The van der Waals surface area contributed by atoms with Crippen LogP contribution in [0.4, 0.5) is 23.1 Å². The van der Waals surface area contributed by atoms with Crippen molar-refractivity contribution in [2.75, 3.05) is 17.2 Å². The summed E-state index contributed by atoms with van der Waals surface area (Å²) in [6.07, 6.45) is 4.72. The van der Waals surface area contributed by atoms with Gasteiger partial charge in [0.15, 0.2) is 0 Å². The van der Waals surface area contributed by atoms with Gasteiger partial charge in [0.1, 0.15) is 5.82 Å². The molecule has 0 amide bonds. The number of rotatable bonds is 4. The number of nitrogens with zero attached hydrogens (tertiary/aromatic N) is 3. The Balaban J connectivity index is 1.55. The van der Waals surface area contributed by atoms with E-state index in [1.165, 1.54) is 11.1 Å². The molecule has 6 heteroatoms. The van der Waals surface area contributed by atoms with Crippen molar-refractivity contribution in [3.8, 4) is 0 Å². The zero-order chi connectivity index (χ0) is 20.4. The van der Waals surface area contributed by atoms with E-state index in [1.54, 1.807) is 0 Å². The van der Waals surface area contributed by atoms with E-state index in [1.807, 2.05) is 25.4 Å². The van der Waals surface area contributed by atoms with Crippen molar-refractivity contribution in [3.63, 3.8) is 0 Å². The summed E-state index contributed by atoms with van der Waals surface area (Å²) >= 11 is 0. The lowest BCUT2D eigenvalue weighted by molar-refractivity contribution is 0.569. The Kier molecular flexibility index (Phi) is 5.20. The van der Waals surface area contributed by atoms with Gasteiger partial charge in [-0.05, 0) is 55.3 Å². The van der Waals surface area contributed by atoms with Crippen LogP contribution < -0.4 is 16.0 Å². The first kappa shape index (κ1) is 19.3. The van der Waals surface area contributed by atoms with E-state index in [2.05, 4.69) is 71.0 Å². The molecule has 6 nitrogen and oxygen atoms in total. The second kappa shape index (κ2) is 7.79. The first-order valence-corrected chi connectivity index (χ1v) is 10.1. The zero-order valence-electron chi connectivity index (χ0n) is 17.5. The summed E-state index contributed by atoms with van der Waals surface area (Å²) in [6.45, 7) is 10.4. The fourth-order valence-corrected chi connectivity index (χ4v) is 3.37. The Hall–Kier alpha value is -2.99. The highest BCUT2D eigenvalue weighted by Gasteiger charge is 2.16. The maximum absolute atomic E-state index is 4.70. The summed E-state index contributed by atoms with van der Waals surface area (Å²) in [5.74, 6) is 1.37. The summed E-state index contributed by atoms with van der Waals surface area (Å²) in [5.41, 5.74) is 6.75. The van der Waals surface area contributed by atoms with Gasteiger partial charge in [0.05, 0.1) is 0 Å². The predicted molar refractivity (Wildman–Crippen MR) is 118 cm³/mol. The molecule has 0 spiro atoms. The molecule has 3 aromatic rings. The Morgan fingerprint density at radius 1 is 0.966 bits per heavy atom. The number of fused-ring (bicyclic) bond motifs is 1. The second-order valence-corrected chi connectivity index (χ2v) is 8.57. The highest BCUT2D eigenvalue weighted by atomic mass is 15.1. The minimum absolute atomic E-state index is 0.00685. The average molecular weight is 389 g/mol. The lowest BCUT2D eigenvalue weighted by atomic mass is 9.91. The van der Waals surface area contributed by atoms with E-state index in [0.717, 1.165) is 48.0 Å². The molecular weight excluding hydrogens is 360 g/mol. The van der Waals surface area contributed by atoms with Crippen LogP contribution in [0.3, 0.4) is 0 Å². The van der Waals surface area contributed by atoms with Crippen LogP contribution in [0.5, 0.6) is 0 Å². The van der Waals surface area contributed by atoms with Crippen molar-refractivity contribution in [1.29, 1.82) is 0 Å². The van der Waals surface area contributed by atoms with Gasteiger partial charge in [0.25, 0.3) is 0 Å². The molecule has 0 saturated heterocycles. The molecule has 1 aliphatic rings. The van der Waals surface area contributed by atoms with Crippen LogP contribution in [0, 0.1) is 6.92 Å². The molecule has 3 heterocycles. The molecule has 3 N–H and O–H groups in total. The third kappa shape index (κ3) is 4.54. The summed E-state index contributed by atoms with van der Waals surface area (Å²) in [5, 5.41) is 10.2. The molecule has 0 fully saturated rings.